The number of anilines is 2. The number of rotatable bonds is 1. The highest BCUT2D eigenvalue weighted by Gasteiger charge is 2.20. The Hall–Kier alpha value is -1.61. The van der Waals surface area contributed by atoms with Gasteiger partial charge in [-0.25, -0.2) is 9.97 Å². The zero-order valence-electron chi connectivity index (χ0n) is 8.60. The number of para-hydroxylation sites is 1. The molecule has 0 fully saturated rings. The second kappa shape index (κ2) is 3.76. The first-order chi connectivity index (χ1) is 7.84. The molecule has 0 spiro atoms. The summed E-state index contributed by atoms with van der Waals surface area (Å²) in [6, 6.07) is 10.2. The second-order valence-electron chi connectivity index (χ2n) is 3.73. The third-order valence-corrected chi connectivity index (χ3v) is 2.99. The summed E-state index contributed by atoms with van der Waals surface area (Å²) < 4.78 is 0. The summed E-state index contributed by atoms with van der Waals surface area (Å²) in [6.07, 6.45) is 2.55. The Morgan fingerprint density at radius 1 is 1.19 bits per heavy atom. The molecule has 4 heteroatoms. The van der Waals surface area contributed by atoms with E-state index in [9.17, 15) is 0 Å². The Balaban J connectivity index is 2.05. The minimum atomic E-state index is 0.481. The molecule has 0 atom stereocenters. The van der Waals surface area contributed by atoms with Gasteiger partial charge in [-0.1, -0.05) is 29.8 Å². The number of benzene rings is 1. The smallest absolute Gasteiger partial charge is 0.137 e. The van der Waals surface area contributed by atoms with Crippen LogP contribution in [0.1, 0.15) is 5.56 Å². The van der Waals surface area contributed by atoms with Crippen molar-refractivity contribution >= 4 is 23.1 Å². The van der Waals surface area contributed by atoms with Crippen molar-refractivity contribution in [2.24, 2.45) is 0 Å². The lowest BCUT2D eigenvalue weighted by molar-refractivity contribution is 0.964. The zero-order valence-corrected chi connectivity index (χ0v) is 9.35. The standard InChI is InChI=1S/C12H10ClN3/c13-11-7-12(15-8-14-11)16-6-5-9-3-1-2-4-10(9)16/h1-4,7-8H,5-6H2. The van der Waals surface area contributed by atoms with Gasteiger partial charge in [-0.15, -0.1) is 0 Å². The van der Waals surface area contributed by atoms with Gasteiger partial charge in [0.2, 0.25) is 0 Å². The van der Waals surface area contributed by atoms with E-state index < -0.39 is 0 Å². The maximum Gasteiger partial charge on any atom is 0.137 e. The van der Waals surface area contributed by atoms with Gasteiger partial charge in [0.05, 0.1) is 0 Å². The SMILES string of the molecule is Clc1cc(N2CCc3ccccc32)ncn1. The average Bonchev–Trinajstić information content (AvgIpc) is 2.72. The monoisotopic (exact) mass is 231 g/mol. The van der Waals surface area contributed by atoms with Crippen LogP contribution >= 0.6 is 11.6 Å². The molecule has 0 aliphatic carbocycles. The van der Waals surface area contributed by atoms with Gasteiger partial charge in [0.25, 0.3) is 0 Å². The van der Waals surface area contributed by atoms with Crippen molar-refractivity contribution in [3.05, 3.63) is 47.4 Å². The predicted octanol–water partition coefficient (Wildman–Crippen LogP) is 2.82. The van der Waals surface area contributed by atoms with Crippen LogP contribution in [0.3, 0.4) is 0 Å². The molecular weight excluding hydrogens is 222 g/mol. The minimum Gasteiger partial charge on any atom is -0.326 e. The first kappa shape index (κ1) is 9.60. The number of hydrogen-bond acceptors (Lipinski definition) is 3. The molecule has 0 amide bonds. The topological polar surface area (TPSA) is 29.0 Å². The molecule has 0 saturated heterocycles. The van der Waals surface area contributed by atoms with Gasteiger partial charge < -0.3 is 4.90 Å². The van der Waals surface area contributed by atoms with Crippen molar-refractivity contribution in [1.82, 2.24) is 9.97 Å². The summed E-state index contributed by atoms with van der Waals surface area (Å²) in [5.41, 5.74) is 2.58. The van der Waals surface area contributed by atoms with Crippen LogP contribution in [-0.2, 0) is 6.42 Å². The van der Waals surface area contributed by atoms with E-state index >= 15 is 0 Å². The third kappa shape index (κ3) is 1.53. The molecule has 3 nitrogen and oxygen atoms in total. The van der Waals surface area contributed by atoms with E-state index in [1.54, 1.807) is 6.07 Å². The van der Waals surface area contributed by atoms with Gasteiger partial charge in [-0.2, -0.15) is 0 Å². The van der Waals surface area contributed by atoms with Crippen LogP contribution in [0.25, 0.3) is 0 Å². The lowest BCUT2D eigenvalue weighted by Gasteiger charge is -2.17. The van der Waals surface area contributed by atoms with Crippen LogP contribution in [0.15, 0.2) is 36.7 Å². The van der Waals surface area contributed by atoms with Crippen molar-refractivity contribution in [2.75, 3.05) is 11.4 Å². The molecule has 1 aliphatic rings. The largest absolute Gasteiger partial charge is 0.326 e. The molecule has 0 bridgehead atoms. The van der Waals surface area contributed by atoms with Gasteiger partial charge in [-0.05, 0) is 18.1 Å². The summed E-state index contributed by atoms with van der Waals surface area (Å²) in [5.74, 6) is 0.866. The van der Waals surface area contributed by atoms with Crippen LogP contribution in [0.2, 0.25) is 5.15 Å². The number of nitrogens with zero attached hydrogens (tertiary/aromatic N) is 3. The summed E-state index contributed by atoms with van der Waals surface area (Å²) >= 11 is 5.87. The molecule has 1 aromatic carbocycles. The number of fused-ring (bicyclic) bond motifs is 1. The molecule has 1 aromatic heterocycles. The Bertz CT molecular complexity index is 527. The van der Waals surface area contributed by atoms with Crippen LogP contribution < -0.4 is 4.90 Å². The van der Waals surface area contributed by atoms with Crippen molar-refractivity contribution in [1.29, 1.82) is 0 Å². The molecule has 0 N–H and O–H groups in total. The fourth-order valence-electron chi connectivity index (χ4n) is 2.05. The molecule has 16 heavy (non-hydrogen) atoms. The minimum absolute atomic E-state index is 0.481. The molecule has 0 unspecified atom stereocenters. The lowest BCUT2D eigenvalue weighted by Crippen LogP contribution is -2.14. The normalized spacial score (nSPS) is 13.9. The number of aromatic nitrogens is 2. The Labute approximate surface area is 98.7 Å². The average molecular weight is 232 g/mol. The molecule has 0 radical (unpaired) electrons. The predicted molar refractivity (Wildman–Crippen MR) is 64.2 cm³/mol. The van der Waals surface area contributed by atoms with E-state index in [0.29, 0.717) is 5.15 Å². The van der Waals surface area contributed by atoms with E-state index in [2.05, 4.69) is 33.1 Å². The number of halogens is 1. The highest BCUT2D eigenvalue weighted by molar-refractivity contribution is 6.29. The second-order valence-corrected chi connectivity index (χ2v) is 4.12. The fraction of sp³-hybridized carbons (Fsp3) is 0.167. The third-order valence-electron chi connectivity index (χ3n) is 2.78. The van der Waals surface area contributed by atoms with Gasteiger partial charge in [-0.3, -0.25) is 0 Å². The summed E-state index contributed by atoms with van der Waals surface area (Å²) in [5, 5.41) is 0.481. The summed E-state index contributed by atoms with van der Waals surface area (Å²) in [6.45, 7) is 0.951. The van der Waals surface area contributed by atoms with Crippen LogP contribution in [0, 0.1) is 0 Å². The molecule has 1 aliphatic heterocycles. The van der Waals surface area contributed by atoms with Crippen molar-refractivity contribution in [3.8, 4) is 0 Å². The maximum atomic E-state index is 5.87. The highest BCUT2D eigenvalue weighted by atomic mass is 35.5. The molecule has 2 aromatic rings. The molecular formula is C12H10ClN3. The quantitative estimate of drug-likeness (QED) is 0.707. The van der Waals surface area contributed by atoms with Crippen LogP contribution in [0.5, 0.6) is 0 Å². The molecule has 2 heterocycles. The number of hydrogen-bond donors (Lipinski definition) is 0. The van der Waals surface area contributed by atoms with Gasteiger partial charge in [0.15, 0.2) is 0 Å². The highest BCUT2D eigenvalue weighted by Crippen LogP contribution is 2.33. The molecule has 3 rings (SSSR count). The van der Waals surface area contributed by atoms with Crippen molar-refractivity contribution in [3.63, 3.8) is 0 Å². The fourth-order valence-corrected chi connectivity index (χ4v) is 2.19. The van der Waals surface area contributed by atoms with Gasteiger partial charge in [0, 0.05) is 18.3 Å². The van der Waals surface area contributed by atoms with Crippen LogP contribution in [-0.4, -0.2) is 16.5 Å². The lowest BCUT2D eigenvalue weighted by atomic mass is 10.2. The molecule has 0 saturated carbocycles. The Morgan fingerprint density at radius 2 is 2.06 bits per heavy atom. The summed E-state index contributed by atoms with van der Waals surface area (Å²) in [4.78, 5) is 10.3. The van der Waals surface area contributed by atoms with Gasteiger partial charge >= 0.3 is 0 Å². The first-order valence-electron chi connectivity index (χ1n) is 5.17. The Kier molecular flexibility index (Phi) is 2.26. The van der Waals surface area contributed by atoms with Crippen molar-refractivity contribution < 1.29 is 0 Å². The first-order valence-corrected chi connectivity index (χ1v) is 5.55. The van der Waals surface area contributed by atoms with Crippen LogP contribution in [0.4, 0.5) is 11.5 Å². The maximum absolute atomic E-state index is 5.87. The molecule has 80 valence electrons. The van der Waals surface area contributed by atoms with Crippen molar-refractivity contribution in [2.45, 2.75) is 6.42 Å². The summed E-state index contributed by atoms with van der Waals surface area (Å²) in [7, 11) is 0. The van der Waals surface area contributed by atoms with E-state index in [4.69, 9.17) is 11.6 Å². The zero-order chi connectivity index (χ0) is 11.0. The van der Waals surface area contributed by atoms with E-state index in [1.165, 1.54) is 17.6 Å². The van der Waals surface area contributed by atoms with E-state index in [-0.39, 0.29) is 0 Å². The Morgan fingerprint density at radius 3 is 2.94 bits per heavy atom. The van der Waals surface area contributed by atoms with E-state index in [1.807, 2.05) is 6.07 Å². The van der Waals surface area contributed by atoms with Gasteiger partial charge in [0.1, 0.15) is 17.3 Å². The van der Waals surface area contributed by atoms with E-state index in [0.717, 1.165) is 18.8 Å².